The van der Waals surface area contributed by atoms with Gasteiger partial charge in [-0.05, 0) is 54.1 Å². The fourth-order valence-electron chi connectivity index (χ4n) is 2.90. The molecule has 0 aliphatic rings. The molecule has 0 radical (unpaired) electrons. The van der Waals surface area contributed by atoms with Crippen LogP contribution in [-0.2, 0) is 0 Å². The Morgan fingerprint density at radius 1 is 0.812 bits per heavy atom. The van der Waals surface area contributed by atoms with E-state index in [1.165, 1.54) is 0 Å². The Morgan fingerprint density at radius 2 is 1.56 bits per heavy atom. The summed E-state index contributed by atoms with van der Waals surface area (Å²) in [6.45, 7) is 0. The number of hydrogen-bond donors (Lipinski definition) is 1. The van der Waals surface area contributed by atoms with Gasteiger partial charge in [0.25, 0.3) is 0 Å². The Bertz CT molecular complexity index is 1370. The summed E-state index contributed by atoms with van der Waals surface area (Å²) in [4.78, 5) is 8.52. The second-order valence-electron chi connectivity index (χ2n) is 6.59. The molecule has 0 amide bonds. The van der Waals surface area contributed by atoms with E-state index in [-0.39, 0.29) is 0 Å². The largest absolute Gasteiger partial charge is 0.437 e. The lowest BCUT2D eigenvalue weighted by Gasteiger charge is -2.11. The summed E-state index contributed by atoms with van der Waals surface area (Å²) in [5, 5.41) is 21.8. The molecule has 32 heavy (non-hydrogen) atoms. The molecule has 0 spiro atoms. The van der Waals surface area contributed by atoms with Crippen molar-refractivity contribution < 1.29 is 4.74 Å². The van der Waals surface area contributed by atoms with E-state index in [4.69, 9.17) is 38.5 Å². The zero-order chi connectivity index (χ0) is 22.5. The number of nitrogens with one attached hydrogen (secondary N) is 1. The third-order valence-electron chi connectivity index (χ3n) is 4.46. The van der Waals surface area contributed by atoms with Crippen molar-refractivity contribution in [1.82, 2.24) is 9.97 Å². The maximum Gasteiger partial charge on any atom is 0.230 e. The molecular formula is C24H13Cl2N5O. The number of rotatable bonds is 5. The number of nitrogens with zero attached hydrogens (tertiary/aromatic N) is 4. The Hall–Kier alpha value is -4.10. The normalized spacial score (nSPS) is 10.1. The number of hydrogen-bond acceptors (Lipinski definition) is 6. The van der Waals surface area contributed by atoms with Gasteiger partial charge in [-0.2, -0.15) is 15.5 Å². The average molecular weight is 458 g/mol. The van der Waals surface area contributed by atoms with Crippen LogP contribution < -0.4 is 10.1 Å². The summed E-state index contributed by atoms with van der Waals surface area (Å²) < 4.78 is 5.84. The van der Waals surface area contributed by atoms with Gasteiger partial charge in [0.2, 0.25) is 11.8 Å². The minimum Gasteiger partial charge on any atom is -0.437 e. The lowest BCUT2D eigenvalue weighted by molar-refractivity contribution is 0.463. The van der Waals surface area contributed by atoms with Gasteiger partial charge >= 0.3 is 0 Å². The van der Waals surface area contributed by atoms with E-state index in [9.17, 15) is 0 Å². The molecule has 0 aliphatic heterocycles. The zero-order valence-corrected chi connectivity index (χ0v) is 17.9. The van der Waals surface area contributed by atoms with Gasteiger partial charge in [0, 0.05) is 28.5 Å². The van der Waals surface area contributed by atoms with E-state index in [0.717, 1.165) is 16.8 Å². The molecule has 0 bridgehead atoms. The second kappa shape index (κ2) is 9.36. The number of ether oxygens (including phenoxy) is 1. The van der Waals surface area contributed by atoms with Crippen molar-refractivity contribution in [2.75, 3.05) is 5.32 Å². The van der Waals surface area contributed by atoms with E-state index >= 15 is 0 Å². The summed E-state index contributed by atoms with van der Waals surface area (Å²) in [5.74, 6) is 1.06. The third kappa shape index (κ3) is 4.79. The SMILES string of the molecule is N#Cc1ccc(Nc2nccc(Oc3ccc(-c4ccc(C#N)cc4Cl)cc3Cl)n2)cc1. The first-order chi connectivity index (χ1) is 15.6. The predicted octanol–water partition coefficient (Wildman–Crippen LogP) is 6.73. The van der Waals surface area contributed by atoms with Gasteiger partial charge in [0.1, 0.15) is 5.75 Å². The molecule has 154 valence electrons. The molecule has 4 aromatic rings. The molecule has 0 unspecified atom stereocenters. The molecule has 6 nitrogen and oxygen atoms in total. The molecule has 0 aliphatic carbocycles. The maximum atomic E-state index is 8.99. The van der Waals surface area contributed by atoms with Crippen LogP contribution in [0.2, 0.25) is 10.0 Å². The highest BCUT2D eigenvalue weighted by molar-refractivity contribution is 6.34. The highest BCUT2D eigenvalue weighted by Crippen LogP contribution is 2.35. The molecule has 4 rings (SSSR count). The first kappa shape index (κ1) is 21.1. The molecule has 0 fully saturated rings. The van der Waals surface area contributed by atoms with Crippen molar-refractivity contribution in [3.63, 3.8) is 0 Å². The van der Waals surface area contributed by atoms with Crippen LogP contribution in [0.5, 0.6) is 11.6 Å². The number of nitriles is 2. The molecule has 8 heteroatoms. The highest BCUT2D eigenvalue weighted by Gasteiger charge is 2.10. The Balaban J connectivity index is 1.52. The minimum atomic E-state index is 0.308. The monoisotopic (exact) mass is 457 g/mol. The third-order valence-corrected chi connectivity index (χ3v) is 5.06. The van der Waals surface area contributed by atoms with Crippen LogP contribution in [-0.4, -0.2) is 9.97 Å². The molecule has 1 N–H and O–H groups in total. The standard InChI is InChI=1S/C24H13Cl2N5O/c25-20-11-16(14-28)3-7-19(20)17-4-8-22(21(26)12-17)32-23-9-10-29-24(31-23)30-18-5-1-15(13-27)2-6-18/h1-12H,(H,29,30,31). The smallest absolute Gasteiger partial charge is 0.230 e. The number of anilines is 2. The summed E-state index contributed by atoms with van der Waals surface area (Å²) in [5.41, 5.74) is 3.34. The molecule has 0 saturated heterocycles. The van der Waals surface area contributed by atoms with Gasteiger partial charge in [-0.25, -0.2) is 4.98 Å². The Morgan fingerprint density at radius 3 is 2.25 bits per heavy atom. The van der Waals surface area contributed by atoms with Crippen LogP contribution >= 0.6 is 23.2 Å². The van der Waals surface area contributed by atoms with Gasteiger partial charge in [-0.1, -0.05) is 35.3 Å². The zero-order valence-electron chi connectivity index (χ0n) is 16.4. The number of benzene rings is 3. The van der Waals surface area contributed by atoms with E-state index in [0.29, 0.717) is 38.8 Å². The number of aromatic nitrogens is 2. The Kier molecular flexibility index (Phi) is 6.19. The number of halogens is 2. The van der Waals surface area contributed by atoms with Crippen LogP contribution in [0.1, 0.15) is 11.1 Å². The van der Waals surface area contributed by atoms with Crippen LogP contribution in [0.4, 0.5) is 11.6 Å². The van der Waals surface area contributed by atoms with Crippen LogP contribution in [0.25, 0.3) is 11.1 Å². The lowest BCUT2D eigenvalue weighted by Crippen LogP contribution is -1.98. The van der Waals surface area contributed by atoms with Crippen molar-refractivity contribution in [2.45, 2.75) is 0 Å². The van der Waals surface area contributed by atoms with Crippen molar-refractivity contribution in [2.24, 2.45) is 0 Å². The summed E-state index contributed by atoms with van der Waals surface area (Å²) in [7, 11) is 0. The lowest BCUT2D eigenvalue weighted by atomic mass is 10.0. The highest BCUT2D eigenvalue weighted by atomic mass is 35.5. The second-order valence-corrected chi connectivity index (χ2v) is 7.40. The van der Waals surface area contributed by atoms with E-state index in [1.807, 2.05) is 6.07 Å². The summed E-state index contributed by atoms with van der Waals surface area (Å²) >= 11 is 12.7. The molecule has 0 atom stereocenters. The minimum absolute atomic E-state index is 0.308. The summed E-state index contributed by atoms with van der Waals surface area (Å²) in [6, 6.07) is 23.0. The van der Waals surface area contributed by atoms with Crippen molar-refractivity contribution in [3.05, 3.63) is 94.1 Å². The van der Waals surface area contributed by atoms with Gasteiger partial charge in [0.15, 0.2) is 0 Å². The van der Waals surface area contributed by atoms with Crippen molar-refractivity contribution in [3.8, 4) is 34.9 Å². The molecule has 1 heterocycles. The fourth-order valence-corrected chi connectivity index (χ4v) is 3.41. The molecule has 3 aromatic carbocycles. The first-order valence-corrected chi connectivity index (χ1v) is 10.1. The van der Waals surface area contributed by atoms with Crippen molar-refractivity contribution in [1.29, 1.82) is 10.5 Å². The summed E-state index contributed by atoms with van der Waals surface area (Å²) in [6.07, 6.45) is 1.56. The molecule has 0 saturated carbocycles. The molecule has 1 aromatic heterocycles. The first-order valence-electron chi connectivity index (χ1n) is 9.33. The van der Waals surface area contributed by atoms with E-state index < -0.39 is 0 Å². The van der Waals surface area contributed by atoms with E-state index in [1.54, 1.807) is 66.9 Å². The topological polar surface area (TPSA) is 94.6 Å². The van der Waals surface area contributed by atoms with Gasteiger partial charge in [-0.3, -0.25) is 0 Å². The Labute approximate surface area is 194 Å². The van der Waals surface area contributed by atoms with Gasteiger partial charge in [-0.15, -0.1) is 0 Å². The fraction of sp³-hybridized carbons (Fsp3) is 0. The van der Waals surface area contributed by atoms with Crippen LogP contribution in [0.3, 0.4) is 0 Å². The van der Waals surface area contributed by atoms with Crippen LogP contribution in [0, 0.1) is 22.7 Å². The van der Waals surface area contributed by atoms with Crippen LogP contribution in [0.15, 0.2) is 72.9 Å². The van der Waals surface area contributed by atoms with Gasteiger partial charge in [0.05, 0.1) is 28.3 Å². The quantitative estimate of drug-likeness (QED) is 0.356. The maximum absolute atomic E-state index is 8.99. The molecular weight excluding hydrogens is 445 g/mol. The average Bonchev–Trinajstić information content (AvgIpc) is 2.81. The van der Waals surface area contributed by atoms with Crippen molar-refractivity contribution >= 4 is 34.8 Å². The predicted molar refractivity (Wildman–Crippen MR) is 123 cm³/mol. The van der Waals surface area contributed by atoms with E-state index in [2.05, 4.69) is 27.4 Å². The van der Waals surface area contributed by atoms with Gasteiger partial charge < -0.3 is 10.1 Å².